The van der Waals surface area contributed by atoms with Gasteiger partial charge in [-0.15, -0.1) is 0 Å². The molecule has 0 radical (unpaired) electrons. The summed E-state index contributed by atoms with van der Waals surface area (Å²) in [6.07, 6.45) is 2.28. The van der Waals surface area contributed by atoms with Gasteiger partial charge in [-0.2, -0.15) is 11.8 Å². The fourth-order valence-corrected chi connectivity index (χ4v) is 4.76. The molecule has 0 bridgehead atoms. The smallest absolute Gasteiger partial charge is 0.242 e. The van der Waals surface area contributed by atoms with E-state index >= 15 is 0 Å². The van der Waals surface area contributed by atoms with Crippen molar-refractivity contribution in [3.05, 3.63) is 24.3 Å². The number of sulfonamides is 1. The molecule has 0 amide bonds. The lowest BCUT2D eigenvalue weighted by molar-refractivity contribution is 0.570. The van der Waals surface area contributed by atoms with Crippen LogP contribution in [0.25, 0.3) is 0 Å². The summed E-state index contributed by atoms with van der Waals surface area (Å²) in [6.45, 7) is 3.65. The van der Waals surface area contributed by atoms with Crippen LogP contribution in [0.5, 0.6) is 0 Å². The molecule has 1 fully saturated rings. The van der Waals surface area contributed by atoms with Crippen LogP contribution in [0, 0.1) is 0 Å². The highest BCUT2D eigenvalue weighted by molar-refractivity contribution is 7.99. The highest BCUT2D eigenvalue weighted by Gasteiger charge is 2.21. The topological polar surface area (TPSA) is 58.2 Å². The second-order valence-electron chi connectivity index (χ2n) is 5.33. The van der Waals surface area contributed by atoms with Gasteiger partial charge in [0.15, 0.2) is 0 Å². The first-order valence-corrected chi connectivity index (χ1v) is 9.58. The van der Waals surface area contributed by atoms with Gasteiger partial charge >= 0.3 is 0 Å². The molecule has 0 spiro atoms. The van der Waals surface area contributed by atoms with Crippen LogP contribution in [0.3, 0.4) is 0 Å². The lowest BCUT2D eigenvalue weighted by Crippen LogP contribution is -2.32. The van der Waals surface area contributed by atoms with Gasteiger partial charge < -0.3 is 5.32 Å². The molecule has 20 heavy (non-hydrogen) atoms. The van der Waals surface area contributed by atoms with Crippen molar-refractivity contribution in [2.75, 3.05) is 16.8 Å². The van der Waals surface area contributed by atoms with Crippen molar-refractivity contribution in [3.8, 4) is 0 Å². The van der Waals surface area contributed by atoms with E-state index in [4.69, 9.17) is 0 Å². The molecule has 4 nitrogen and oxygen atoms in total. The molecule has 1 saturated heterocycles. The predicted molar refractivity (Wildman–Crippen MR) is 85.9 cm³/mol. The summed E-state index contributed by atoms with van der Waals surface area (Å²) in [4.78, 5) is 0.337. The number of hydrogen-bond donors (Lipinski definition) is 2. The molecule has 112 valence electrons. The second kappa shape index (κ2) is 6.83. The standard InChI is InChI=1S/C14H22N2O2S2/c1-11(2)16-20(17,18)14-8-4-3-7-13(14)15-12-6-5-9-19-10-12/h3-4,7-8,11-12,15-16H,5-6,9-10H2,1-2H3. The van der Waals surface area contributed by atoms with Crippen LogP contribution < -0.4 is 10.0 Å². The van der Waals surface area contributed by atoms with Crippen molar-refractivity contribution in [1.82, 2.24) is 4.72 Å². The molecule has 0 saturated carbocycles. The summed E-state index contributed by atoms with van der Waals surface area (Å²) in [5.74, 6) is 2.24. The van der Waals surface area contributed by atoms with Crippen LogP contribution in [-0.2, 0) is 10.0 Å². The Bertz CT molecular complexity index is 538. The van der Waals surface area contributed by atoms with E-state index in [0.717, 1.165) is 12.2 Å². The number of anilines is 1. The average Bonchev–Trinajstić information content (AvgIpc) is 2.39. The van der Waals surface area contributed by atoms with E-state index in [2.05, 4.69) is 10.0 Å². The van der Waals surface area contributed by atoms with E-state index in [9.17, 15) is 8.42 Å². The number of para-hydroxylation sites is 1. The molecule has 1 aliphatic heterocycles. The van der Waals surface area contributed by atoms with Crippen molar-refractivity contribution < 1.29 is 8.42 Å². The van der Waals surface area contributed by atoms with Crippen LogP contribution in [0.2, 0.25) is 0 Å². The Kier molecular flexibility index (Phi) is 5.35. The normalized spacial score (nSPS) is 20.1. The molecule has 0 aromatic heterocycles. The van der Waals surface area contributed by atoms with Gasteiger partial charge in [0.05, 0.1) is 5.69 Å². The maximum atomic E-state index is 12.3. The Morgan fingerprint density at radius 1 is 1.30 bits per heavy atom. The molecule has 2 rings (SSSR count). The summed E-state index contributed by atoms with van der Waals surface area (Å²) in [5, 5.41) is 3.39. The third-order valence-electron chi connectivity index (χ3n) is 3.09. The maximum absolute atomic E-state index is 12.3. The lowest BCUT2D eigenvalue weighted by Gasteiger charge is -2.25. The zero-order valence-corrected chi connectivity index (χ0v) is 13.6. The molecule has 1 unspecified atom stereocenters. The molecule has 1 atom stereocenters. The van der Waals surface area contributed by atoms with E-state index in [1.54, 1.807) is 12.1 Å². The third-order valence-corrected chi connectivity index (χ3v) is 6.02. The molecule has 1 heterocycles. The molecule has 6 heteroatoms. The summed E-state index contributed by atoms with van der Waals surface area (Å²) in [7, 11) is -3.46. The fourth-order valence-electron chi connectivity index (χ4n) is 2.27. The van der Waals surface area contributed by atoms with Crippen LogP contribution in [0.1, 0.15) is 26.7 Å². The van der Waals surface area contributed by atoms with E-state index in [1.807, 2.05) is 37.7 Å². The van der Waals surface area contributed by atoms with Gasteiger partial charge in [0.1, 0.15) is 4.90 Å². The average molecular weight is 314 g/mol. The van der Waals surface area contributed by atoms with Crippen LogP contribution in [-0.4, -0.2) is 32.0 Å². The zero-order valence-electron chi connectivity index (χ0n) is 11.9. The molecular weight excluding hydrogens is 292 g/mol. The maximum Gasteiger partial charge on any atom is 0.242 e. The number of rotatable bonds is 5. The number of hydrogen-bond acceptors (Lipinski definition) is 4. The van der Waals surface area contributed by atoms with Gasteiger partial charge in [-0.25, -0.2) is 13.1 Å². The first-order valence-electron chi connectivity index (χ1n) is 6.94. The highest BCUT2D eigenvalue weighted by Crippen LogP contribution is 2.25. The SMILES string of the molecule is CC(C)NS(=O)(=O)c1ccccc1NC1CCCSC1. The van der Waals surface area contributed by atoms with E-state index in [-0.39, 0.29) is 6.04 Å². The molecule has 1 aromatic carbocycles. The minimum atomic E-state index is -3.46. The van der Waals surface area contributed by atoms with Crippen LogP contribution in [0.4, 0.5) is 5.69 Å². The molecule has 1 aromatic rings. The largest absolute Gasteiger partial charge is 0.380 e. The Hall–Kier alpha value is -0.720. The highest BCUT2D eigenvalue weighted by atomic mass is 32.2. The van der Waals surface area contributed by atoms with Crippen LogP contribution >= 0.6 is 11.8 Å². The van der Waals surface area contributed by atoms with Crippen molar-refractivity contribution in [3.63, 3.8) is 0 Å². The number of thioether (sulfide) groups is 1. The van der Waals surface area contributed by atoms with Gasteiger partial charge in [-0.1, -0.05) is 12.1 Å². The predicted octanol–water partition coefficient (Wildman–Crippen LogP) is 2.68. The Balaban J connectivity index is 2.21. The van der Waals surface area contributed by atoms with Gasteiger partial charge in [0, 0.05) is 17.8 Å². The first-order chi connectivity index (χ1) is 9.49. The zero-order chi connectivity index (χ0) is 14.6. The van der Waals surface area contributed by atoms with Gasteiger partial charge in [-0.05, 0) is 44.6 Å². The molecular formula is C14H22N2O2S2. The van der Waals surface area contributed by atoms with Crippen molar-refractivity contribution in [2.45, 2.75) is 43.7 Å². The molecule has 0 aliphatic carbocycles. The van der Waals surface area contributed by atoms with Gasteiger partial charge in [0.2, 0.25) is 10.0 Å². The van der Waals surface area contributed by atoms with E-state index in [1.165, 1.54) is 12.2 Å². The summed E-state index contributed by atoms with van der Waals surface area (Å²) in [6, 6.07) is 7.36. The van der Waals surface area contributed by atoms with Crippen molar-refractivity contribution in [1.29, 1.82) is 0 Å². The first kappa shape index (κ1) is 15.7. The summed E-state index contributed by atoms with van der Waals surface area (Å²) < 4.78 is 27.3. The second-order valence-corrected chi connectivity index (χ2v) is 8.16. The van der Waals surface area contributed by atoms with Gasteiger partial charge in [-0.3, -0.25) is 0 Å². The summed E-state index contributed by atoms with van der Waals surface area (Å²) >= 11 is 1.92. The third kappa shape index (κ3) is 4.14. The van der Waals surface area contributed by atoms with Gasteiger partial charge in [0.25, 0.3) is 0 Å². The van der Waals surface area contributed by atoms with Crippen molar-refractivity contribution >= 4 is 27.5 Å². The monoisotopic (exact) mass is 314 g/mol. The van der Waals surface area contributed by atoms with E-state index < -0.39 is 10.0 Å². The number of benzene rings is 1. The minimum absolute atomic E-state index is 0.113. The quantitative estimate of drug-likeness (QED) is 0.877. The Morgan fingerprint density at radius 3 is 2.70 bits per heavy atom. The van der Waals surface area contributed by atoms with Crippen molar-refractivity contribution in [2.24, 2.45) is 0 Å². The Morgan fingerprint density at radius 2 is 2.05 bits per heavy atom. The molecule has 2 N–H and O–H groups in total. The number of nitrogens with one attached hydrogen (secondary N) is 2. The fraction of sp³-hybridized carbons (Fsp3) is 0.571. The minimum Gasteiger partial charge on any atom is -0.380 e. The molecule has 1 aliphatic rings. The Labute approximate surface area is 125 Å². The van der Waals surface area contributed by atoms with E-state index in [0.29, 0.717) is 16.6 Å². The van der Waals surface area contributed by atoms with Crippen LogP contribution in [0.15, 0.2) is 29.2 Å². The summed E-state index contributed by atoms with van der Waals surface area (Å²) in [5.41, 5.74) is 0.702. The lowest BCUT2D eigenvalue weighted by atomic mass is 10.1.